The summed E-state index contributed by atoms with van der Waals surface area (Å²) in [5.41, 5.74) is 1.43. The molecule has 4 aliphatic carbocycles. The monoisotopic (exact) mass is 502 g/mol. The fourth-order valence-corrected chi connectivity index (χ4v) is 6.88. The minimum atomic E-state index is -0.586. The second kappa shape index (κ2) is 11.4. The Hall–Kier alpha value is -1.70. The molecule has 5 rings (SSSR count). The van der Waals surface area contributed by atoms with E-state index in [1.54, 1.807) is 6.92 Å². The Morgan fingerprint density at radius 3 is 2.36 bits per heavy atom. The van der Waals surface area contributed by atoms with Gasteiger partial charge in [0.25, 0.3) is 0 Å². The van der Waals surface area contributed by atoms with Crippen LogP contribution in [0.1, 0.15) is 72.1 Å². The molecule has 7 nitrogen and oxygen atoms in total. The van der Waals surface area contributed by atoms with Gasteiger partial charge in [0.15, 0.2) is 12.6 Å². The van der Waals surface area contributed by atoms with Gasteiger partial charge in [-0.3, -0.25) is 9.59 Å². The molecule has 7 heteroatoms. The van der Waals surface area contributed by atoms with Crippen LogP contribution in [0.5, 0.6) is 0 Å². The SMILES string of the molecule is CC(COC(C)OC(=O)C1CC2C=CC1C2)CC1=CC2CC1CC2C(=O)OC(C)OC1CCCCO1. The van der Waals surface area contributed by atoms with Gasteiger partial charge in [0.1, 0.15) is 0 Å². The average molecular weight is 503 g/mol. The maximum absolute atomic E-state index is 12.8. The van der Waals surface area contributed by atoms with E-state index in [1.807, 2.05) is 6.92 Å². The molecule has 1 heterocycles. The number of esters is 2. The van der Waals surface area contributed by atoms with E-state index in [1.165, 1.54) is 5.57 Å². The van der Waals surface area contributed by atoms with Gasteiger partial charge in [-0.25, -0.2) is 0 Å². The van der Waals surface area contributed by atoms with Gasteiger partial charge in [-0.15, -0.1) is 0 Å². The second-order valence-corrected chi connectivity index (χ2v) is 11.7. The molecule has 200 valence electrons. The molecule has 10 atom stereocenters. The van der Waals surface area contributed by atoms with Crippen LogP contribution in [0.2, 0.25) is 0 Å². The van der Waals surface area contributed by atoms with Gasteiger partial charge in [0.2, 0.25) is 6.29 Å². The third-order valence-corrected chi connectivity index (χ3v) is 8.69. The molecule has 4 bridgehead atoms. The first kappa shape index (κ1) is 25.9. The van der Waals surface area contributed by atoms with Crippen molar-refractivity contribution in [2.45, 2.75) is 91.0 Å². The molecular formula is C29H42O7. The van der Waals surface area contributed by atoms with Crippen molar-refractivity contribution >= 4 is 11.9 Å². The number of allylic oxidation sites excluding steroid dienone is 4. The zero-order valence-corrected chi connectivity index (χ0v) is 21.9. The van der Waals surface area contributed by atoms with E-state index in [-0.39, 0.29) is 36.0 Å². The average Bonchev–Trinajstić information content (AvgIpc) is 3.64. The highest BCUT2D eigenvalue weighted by atomic mass is 16.8. The maximum Gasteiger partial charge on any atom is 0.311 e. The number of carbonyl (C=O) groups is 2. The summed E-state index contributed by atoms with van der Waals surface area (Å²) in [7, 11) is 0. The number of ether oxygens (including phenoxy) is 5. The van der Waals surface area contributed by atoms with Crippen molar-refractivity contribution in [2.75, 3.05) is 13.2 Å². The summed E-state index contributed by atoms with van der Waals surface area (Å²) in [6.45, 7) is 7.01. The molecule has 0 aromatic heterocycles. The molecule has 2 saturated carbocycles. The van der Waals surface area contributed by atoms with E-state index in [0.717, 1.165) is 51.4 Å². The summed E-state index contributed by atoms with van der Waals surface area (Å²) in [6, 6.07) is 0. The van der Waals surface area contributed by atoms with Crippen molar-refractivity contribution in [2.24, 2.45) is 41.4 Å². The highest BCUT2D eigenvalue weighted by molar-refractivity contribution is 5.74. The van der Waals surface area contributed by atoms with Crippen molar-refractivity contribution < 1.29 is 33.3 Å². The Labute approximate surface area is 214 Å². The zero-order chi connectivity index (χ0) is 25.2. The van der Waals surface area contributed by atoms with Crippen LogP contribution < -0.4 is 0 Å². The quantitative estimate of drug-likeness (QED) is 0.220. The summed E-state index contributed by atoms with van der Waals surface area (Å²) in [5, 5.41) is 0. The topological polar surface area (TPSA) is 80.3 Å². The van der Waals surface area contributed by atoms with Crippen LogP contribution in [-0.4, -0.2) is 44.0 Å². The molecule has 5 aliphatic rings. The molecule has 36 heavy (non-hydrogen) atoms. The minimum absolute atomic E-state index is 0.00236. The van der Waals surface area contributed by atoms with Crippen molar-refractivity contribution in [1.29, 1.82) is 0 Å². The Morgan fingerprint density at radius 1 is 0.944 bits per heavy atom. The Morgan fingerprint density at radius 2 is 1.72 bits per heavy atom. The first-order valence-corrected chi connectivity index (χ1v) is 14.0. The van der Waals surface area contributed by atoms with Gasteiger partial charge in [-0.05, 0) is 94.8 Å². The Kier molecular flexibility index (Phi) is 8.18. The van der Waals surface area contributed by atoms with E-state index < -0.39 is 12.6 Å². The fraction of sp³-hybridized carbons (Fsp3) is 0.793. The maximum atomic E-state index is 12.8. The summed E-state index contributed by atoms with van der Waals surface area (Å²) in [5.74, 6) is 1.55. The minimum Gasteiger partial charge on any atom is -0.436 e. The smallest absolute Gasteiger partial charge is 0.311 e. The van der Waals surface area contributed by atoms with Crippen LogP contribution in [-0.2, 0) is 33.3 Å². The van der Waals surface area contributed by atoms with Gasteiger partial charge in [-0.1, -0.05) is 30.7 Å². The van der Waals surface area contributed by atoms with Crippen LogP contribution in [0.25, 0.3) is 0 Å². The lowest BCUT2D eigenvalue weighted by Crippen LogP contribution is -2.32. The molecule has 10 unspecified atom stereocenters. The van der Waals surface area contributed by atoms with Crippen LogP contribution in [0.15, 0.2) is 23.8 Å². The summed E-state index contributed by atoms with van der Waals surface area (Å²) in [4.78, 5) is 25.3. The number of fused-ring (bicyclic) bond motifs is 4. The highest BCUT2D eigenvalue weighted by Crippen LogP contribution is 2.50. The van der Waals surface area contributed by atoms with Gasteiger partial charge < -0.3 is 23.7 Å². The van der Waals surface area contributed by atoms with Crippen LogP contribution in [0.3, 0.4) is 0 Å². The first-order valence-electron chi connectivity index (χ1n) is 14.0. The summed E-state index contributed by atoms with van der Waals surface area (Å²) < 4.78 is 28.4. The largest absolute Gasteiger partial charge is 0.436 e. The fourth-order valence-electron chi connectivity index (χ4n) is 6.88. The zero-order valence-electron chi connectivity index (χ0n) is 21.9. The molecule has 0 amide bonds. The predicted molar refractivity (Wildman–Crippen MR) is 132 cm³/mol. The Bertz CT molecular complexity index is 860. The van der Waals surface area contributed by atoms with Gasteiger partial charge in [0, 0.05) is 6.61 Å². The van der Waals surface area contributed by atoms with E-state index >= 15 is 0 Å². The van der Waals surface area contributed by atoms with Crippen LogP contribution >= 0.6 is 0 Å². The number of carbonyl (C=O) groups excluding carboxylic acids is 2. The number of rotatable bonds is 11. The van der Waals surface area contributed by atoms with Crippen LogP contribution in [0.4, 0.5) is 0 Å². The third kappa shape index (κ3) is 6.05. The molecule has 0 aromatic rings. The third-order valence-electron chi connectivity index (χ3n) is 8.69. The second-order valence-electron chi connectivity index (χ2n) is 11.7. The van der Waals surface area contributed by atoms with E-state index in [4.69, 9.17) is 23.7 Å². The van der Waals surface area contributed by atoms with E-state index in [2.05, 4.69) is 25.2 Å². The number of hydrogen-bond donors (Lipinski definition) is 0. The lowest BCUT2D eigenvalue weighted by atomic mass is 9.86. The standard InChI is InChI=1S/C29H42O7/c1-17(16-33-18(2)35-28(30)25-12-20-7-8-21(25)11-20)10-22-13-24-14-23(22)15-26(24)29(31)36-19(3)34-27-6-4-5-9-32-27/h7-8,13,17-21,23-27H,4-6,9-12,14-16H2,1-3H3. The molecule has 0 radical (unpaired) electrons. The lowest BCUT2D eigenvalue weighted by Gasteiger charge is -2.27. The van der Waals surface area contributed by atoms with E-state index in [9.17, 15) is 9.59 Å². The van der Waals surface area contributed by atoms with Crippen molar-refractivity contribution in [3.63, 3.8) is 0 Å². The molecule has 0 aromatic carbocycles. The molecule has 0 N–H and O–H groups in total. The normalized spacial score (nSPS) is 37.0. The van der Waals surface area contributed by atoms with Crippen LogP contribution in [0, 0.1) is 41.4 Å². The lowest BCUT2D eigenvalue weighted by molar-refractivity contribution is -0.246. The van der Waals surface area contributed by atoms with Gasteiger partial charge in [0.05, 0.1) is 18.4 Å². The highest BCUT2D eigenvalue weighted by Gasteiger charge is 2.45. The summed E-state index contributed by atoms with van der Waals surface area (Å²) in [6.07, 6.45) is 13.1. The summed E-state index contributed by atoms with van der Waals surface area (Å²) >= 11 is 0. The predicted octanol–water partition coefficient (Wildman–Crippen LogP) is 5.15. The number of hydrogen-bond acceptors (Lipinski definition) is 7. The molecule has 0 spiro atoms. The first-order chi connectivity index (χ1) is 17.4. The Balaban J connectivity index is 1.01. The van der Waals surface area contributed by atoms with Gasteiger partial charge in [-0.2, -0.15) is 0 Å². The van der Waals surface area contributed by atoms with Crippen molar-refractivity contribution in [1.82, 2.24) is 0 Å². The van der Waals surface area contributed by atoms with Crippen molar-refractivity contribution in [3.05, 3.63) is 23.8 Å². The van der Waals surface area contributed by atoms with E-state index in [0.29, 0.717) is 36.9 Å². The van der Waals surface area contributed by atoms with Gasteiger partial charge >= 0.3 is 11.9 Å². The molecule has 1 aliphatic heterocycles. The molecule has 1 saturated heterocycles. The molecular weight excluding hydrogens is 460 g/mol. The molecule has 3 fully saturated rings. The van der Waals surface area contributed by atoms with Crippen molar-refractivity contribution in [3.8, 4) is 0 Å².